The van der Waals surface area contributed by atoms with E-state index in [1.54, 1.807) is 14.0 Å². The molecule has 3 rings (SSSR count). The van der Waals surface area contributed by atoms with Gasteiger partial charge in [-0.1, -0.05) is 29.8 Å². The van der Waals surface area contributed by atoms with Gasteiger partial charge in [-0.15, -0.1) is 11.3 Å². The summed E-state index contributed by atoms with van der Waals surface area (Å²) in [7, 11) is 5.54. The summed E-state index contributed by atoms with van der Waals surface area (Å²) in [5.74, 6) is -0.212. The second kappa shape index (κ2) is 7.80. The maximum atomic E-state index is 12.8. The lowest BCUT2D eigenvalue weighted by molar-refractivity contribution is 0.0945. The number of hydrogen-bond donors (Lipinski definition) is 1. The van der Waals surface area contributed by atoms with E-state index in [9.17, 15) is 9.59 Å². The maximum absolute atomic E-state index is 12.8. The number of nitrogens with zero attached hydrogens (tertiary/aromatic N) is 3. The predicted molar refractivity (Wildman–Crippen MR) is 110 cm³/mol. The summed E-state index contributed by atoms with van der Waals surface area (Å²) < 4.78 is 1.42. The van der Waals surface area contributed by atoms with Crippen molar-refractivity contribution in [2.24, 2.45) is 7.05 Å². The molecule has 0 unspecified atom stereocenters. The fourth-order valence-corrected chi connectivity index (χ4v) is 4.33. The fourth-order valence-electron chi connectivity index (χ4n) is 3.01. The van der Waals surface area contributed by atoms with Gasteiger partial charge in [0, 0.05) is 18.6 Å². The molecule has 8 heteroatoms. The summed E-state index contributed by atoms with van der Waals surface area (Å²) >= 11 is 7.56. The van der Waals surface area contributed by atoms with E-state index in [4.69, 9.17) is 11.6 Å². The van der Waals surface area contributed by atoms with Gasteiger partial charge in [0.2, 0.25) is 0 Å². The van der Waals surface area contributed by atoms with E-state index < -0.39 is 0 Å². The molecule has 0 saturated heterocycles. The van der Waals surface area contributed by atoms with Crippen molar-refractivity contribution in [3.05, 3.63) is 62.0 Å². The molecule has 2 heterocycles. The minimum Gasteiger partial charge on any atom is -0.349 e. The van der Waals surface area contributed by atoms with E-state index in [2.05, 4.69) is 10.3 Å². The summed E-state index contributed by atoms with van der Waals surface area (Å²) in [6, 6.07) is 7.54. The molecule has 0 fully saturated rings. The standard InChI is InChI=1S/C19H21ClN4O2S/c1-11-15-18(22-10-24(4)19(15)26)27-16(11)17(25)21-9-14(23(2)3)12-7-5-6-8-13(12)20/h5-8,10,14H,9H2,1-4H3,(H,21,25)/t14-/m0/s1. The number of carbonyl (C=O) groups excluding carboxylic acids is 1. The second-order valence-corrected chi connectivity index (χ2v) is 8.01. The number of amides is 1. The van der Waals surface area contributed by atoms with Gasteiger partial charge in [0.15, 0.2) is 0 Å². The average molecular weight is 405 g/mol. The Morgan fingerprint density at radius 2 is 2.07 bits per heavy atom. The molecule has 2 aromatic heterocycles. The molecule has 142 valence electrons. The average Bonchev–Trinajstić information content (AvgIpc) is 2.97. The van der Waals surface area contributed by atoms with Crippen LogP contribution in [0.2, 0.25) is 5.02 Å². The van der Waals surface area contributed by atoms with Crippen LogP contribution in [0.15, 0.2) is 35.4 Å². The molecule has 0 bridgehead atoms. The normalized spacial score (nSPS) is 12.5. The molecule has 0 saturated carbocycles. The van der Waals surface area contributed by atoms with Crippen molar-refractivity contribution in [1.29, 1.82) is 0 Å². The van der Waals surface area contributed by atoms with E-state index in [1.807, 2.05) is 43.3 Å². The van der Waals surface area contributed by atoms with Crippen LogP contribution in [0.5, 0.6) is 0 Å². The number of carbonyl (C=O) groups is 1. The van der Waals surface area contributed by atoms with E-state index in [0.717, 1.165) is 5.56 Å². The van der Waals surface area contributed by atoms with Crippen LogP contribution in [0.25, 0.3) is 10.2 Å². The molecule has 0 aliphatic heterocycles. The summed E-state index contributed by atoms with van der Waals surface area (Å²) in [6.07, 6.45) is 1.47. The Bertz CT molecular complexity index is 1060. The van der Waals surface area contributed by atoms with Crippen molar-refractivity contribution >= 4 is 39.1 Å². The summed E-state index contributed by atoms with van der Waals surface area (Å²) in [5.41, 5.74) is 1.48. The molecule has 1 aromatic carbocycles. The molecule has 1 N–H and O–H groups in total. The minimum absolute atomic E-state index is 0.0664. The quantitative estimate of drug-likeness (QED) is 0.709. The number of aryl methyl sites for hydroxylation is 2. The highest BCUT2D eigenvalue weighted by atomic mass is 35.5. The summed E-state index contributed by atoms with van der Waals surface area (Å²) in [4.78, 5) is 32.5. The van der Waals surface area contributed by atoms with Gasteiger partial charge in [0.25, 0.3) is 11.5 Å². The van der Waals surface area contributed by atoms with Crippen molar-refractivity contribution in [1.82, 2.24) is 19.8 Å². The van der Waals surface area contributed by atoms with E-state index in [-0.39, 0.29) is 17.5 Å². The van der Waals surface area contributed by atoms with E-state index in [1.165, 1.54) is 22.2 Å². The molecule has 0 aliphatic carbocycles. The second-order valence-electron chi connectivity index (χ2n) is 6.61. The molecule has 3 aromatic rings. The Morgan fingerprint density at radius 3 is 2.74 bits per heavy atom. The molecule has 1 atom stereocenters. The third kappa shape index (κ3) is 3.76. The number of rotatable bonds is 5. The van der Waals surface area contributed by atoms with Crippen LogP contribution in [-0.2, 0) is 7.05 Å². The fraction of sp³-hybridized carbons (Fsp3) is 0.316. The predicted octanol–water partition coefficient (Wildman–Crippen LogP) is 2.99. The smallest absolute Gasteiger partial charge is 0.262 e. The highest BCUT2D eigenvalue weighted by molar-refractivity contribution is 7.20. The number of aromatic nitrogens is 2. The molecule has 6 nitrogen and oxygen atoms in total. The van der Waals surface area contributed by atoms with Crippen molar-refractivity contribution in [2.75, 3.05) is 20.6 Å². The Balaban J connectivity index is 1.86. The summed E-state index contributed by atoms with van der Waals surface area (Å²) in [6.45, 7) is 2.18. The first kappa shape index (κ1) is 19.5. The first-order valence-electron chi connectivity index (χ1n) is 8.45. The third-order valence-corrected chi connectivity index (χ3v) is 6.10. The molecular formula is C19H21ClN4O2S. The Morgan fingerprint density at radius 1 is 1.37 bits per heavy atom. The molecule has 27 heavy (non-hydrogen) atoms. The van der Waals surface area contributed by atoms with Crippen molar-refractivity contribution in [3.63, 3.8) is 0 Å². The van der Waals surface area contributed by atoms with Crippen molar-refractivity contribution in [3.8, 4) is 0 Å². The highest BCUT2D eigenvalue weighted by Gasteiger charge is 2.22. The zero-order chi connectivity index (χ0) is 19.7. The number of halogens is 1. The van der Waals surface area contributed by atoms with Crippen molar-refractivity contribution < 1.29 is 4.79 Å². The Labute approximate surface area is 166 Å². The van der Waals surface area contributed by atoms with Gasteiger partial charge in [0.1, 0.15) is 4.83 Å². The van der Waals surface area contributed by atoms with Gasteiger partial charge in [0.05, 0.1) is 22.6 Å². The van der Waals surface area contributed by atoms with Crippen LogP contribution >= 0.6 is 22.9 Å². The third-order valence-electron chi connectivity index (χ3n) is 4.56. The van der Waals surface area contributed by atoms with Gasteiger partial charge in [-0.25, -0.2) is 4.98 Å². The Hall–Kier alpha value is -2.22. The van der Waals surface area contributed by atoms with Crippen LogP contribution in [-0.4, -0.2) is 41.0 Å². The van der Waals surface area contributed by atoms with Gasteiger partial charge in [-0.2, -0.15) is 0 Å². The van der Waals surface area contributed by atoms with Crippen LogP contribution in [0.3, 0.4) is 0 Å². The zero-order valence-corrected chi connectivity index (χ0v) is 17.2. The zero-order valence-electron chi connectivity index (χ0n) is 15.6. The molecule has 1 amide bonds. The topological polar surface area (TPSA) is 67.2 Å². The first-order valence-corrected chi connectivity index (χ1v) is 9.64. The minimum atomic E-state index is -0.212. The lowest BCUT2D eigenvalue weighted by Crippen LogP contribution is -2.34. The molecule has 0 spiro atoms. The van der Waals surface area contributed by atoms with Crippen LogP contribution < -0.4 is 10.9 Å². The maximum Gasteiger partial charge on any atom is 0.262 e. The highest BCUT2D eigenvalue weighted by Crippen LogP contribution is 2.28. The van der Waals surface area contributed by atoms with E-state index >= 15 is 0 Å². The van der Waals surface area contributed by atoms with Gasteiger partial charge in [-0.05, 0) is 38.2 Å². The monoisotopic (exact) mass is 404 g/mol. The number of thiophene rings is 1. The number of nitrogens with one attached hydrogen (secondary N) is 1. The number of fused-ring (bicyclic) bond motifs is 1. The van der Waals surface area contributed by atoms with Crippen molar-refractivity contribution in [2.45, 2.75) is 13.0 Å². The van der Waals surface area contributed by atoms with E-state index in [0.29, 0.717) is 32.2 Å². The van der Waals surface area contributed by atoms with Crippen LogP contribution in [0.1, 0.15) is 26.8 Å². The SMILES string of the molecule is Cc1c(C(=O)NC[C@@H](c2ccccc2Cl)N(C)C)sc2ncn(C)c(=O)c12. The van der Waals surface area contributed by atoms with Gasteiger partial charge in [-0.3, -0.25) is 9.59 Å². The summed E-state index contributed by atoms with van der Waals surface area (Å²) in [5, 5.41) is 4.14. The molecular weight excluding hydrogens is 384 g/mol. The number of likely N-dealkylation sites (N-methyl/N-ethyl adjacent to an activating group) is 1. The number of benzene rings is 1. The van der Waals surface area contributed by atoms with Crippen LogP contribution in [0, 0.1) is 6.92 Å². The largest absolute Gasteiger partial charge is 0.349 e. The lowest BCUT2D eigenvalue weighted by atomic mass is 10.1. The van der Waals surface area contributed by atoms with Gasteiger partial charge >= 0.3 is 0 Å². The first-order chi connectivity index (χ1) is 12.8. The molecule has 0 radical (unpaired) electrons. The number of hydrogen-bond acceptors (Lipinski definition) is 5. The van der Waals surface area contributed by atoms with Gasteiger partial charge < -0.3 is 14.8 Å². The van der Waals surface area contributed by atoms with Crippen LogP contribution in [0.4, 0.5) is 0 Å². The Kier molecular flexibility index (Phi) is 5.64. The lowest BCUT2D eigenvalue weighted by Gasteiger charge is -2.25. The molecule has 0 aliphatic rings.